The molecule has 12 unspecified atom stereocenters. The van der Waals surface area contributed by atoms with E-state index in [-0.39, 0.29) is 18.9 Å². The highest BCUT2D eigenvalue weighted by Crippen LogP contribution is 2.30. The minimum atomic E-state index is -1.79. The molecule has 12 atom stereocenters. The summed E-state index contributed by atoms with van der Waals surface area (Å²) in [5, 5.41) is 87.6. The van der Waals surface area contributed by atoms with Gasteiger partial charge in [-0.15, -0.1) is 0 Å². The van der Waals surface area contributed by atoms with Crippen LogP contribution >= 0.6 is 0 Å². The number of amides is 1. The lowest BCUT2D eigenvalue weighted by atomic mass is 9.97. The molecule has 0 saturated carbocycles. The largest absolute Gasteiger partial charge is 0.394 e. The summed E-state index contributed by atoms with van der Waals surface area (Å²) in [6.07, 6.45) is 63.3. The number of carbonyl (C=O) groups is 1. The molecule has 2 saturated heterocycles. The van der Waals surface area contributed by atoms with E-state index in [0.29, 0.717) is 19.3 Å². The number of hydrogen-bond acceptors (Lipinski definition) is 13. The maximum absolute atomic E-state index is 13.3. The average molecular weight is 1240 g/mol. The van der Waals surface area contributed by atoms with Gasteiger partial charge in [-0.3, -0.25) is 4.79 Å². The Hall–Kier alpha value is -2.83. The van der Waals surface area contributed by atoms with E-state index >= 15 is 0 Å². The second-order valence-corrected chi connectivity index (χ2v) is 25.0. The quantitative estimate of drug-likeness (QED) is 0.0204. The number of hydrogen-bond donors (Lipinski definition) is 9. The fourth-order valence-electron chi connectivity index (χ4n) is 11.5. The lowest BCUT2D eigenvalue weighted by Gasteiger charge is -2.46. The van der Waals surface area contributed by atoms with Crippen molar-refractivity contribution in [2.24, 2.45) is 0 Å². The minimum Gasteiger partial charge on any atom is -0.394 e. The van der Waals surface area contributed by atoms with E-state index < -0.39 is 86.8 Å². The van der Waals surface area contributed by atoms with E-state index in [1.54, 1.807) is 0 Å². The lowest BCUT2D eigenvalue weighted by molar-refractivity contribution is -0.359. The summed E-state index contributed by atoms with van der Waals surface area (Å²) in [5.74, 6) is -0.264. The van der Waals surface area contributed by atoms with Crippen LogP contribution in [0.25, 0.3) is 0 Å². The molecule has 88 heavy (non-hydrogen) atoms. The van der Waals surface area contributed by atoms with Crippen molar-refractivity contribution in [3.63, 3.8) is 0 Å². The summed E-state index contributed by atoms with van der Waals surface area (Å²) in [4.78, 5) is 13.3. The Kier molecular flexibility index (Phi) is 53.6. The highest BCUT2D eigenvalue weighted by atomic mass is 16.7. The summed E-state index contributed by atoms with van der Waals surface area (Å²) in [5.41, 5.74) is 0. The molecule has 2 aliphatic heterocycles. The zero-order valence-electron chi connectivity index (χ0n) is 55.4. The molecule has 1 amide bonds. The molecular formula is C74H131NO13. The SMILES string of the molecule is CC/C=C\C/C=C\C/C=C\C/C=C\C/C=C\C/C=C\C/C=C\CCCC(=O)NC(COC1OC(CO)C(OC2OC(CO)C(O)C(O)C2O)C(O)C1O)C(O)CCCCCCCCCCCCCCCCCCCCCCCCCCCCCCCCC. The monoisotopic (exact) mass is 1240 g/mol. The molecule has 0 spiro atoms. The number of unbranched alkanes of at least 4 members (excludes halogenated alkanes) is 31. The average Bonchev–Trinajstić information content (AvgIpc) is 1.78. The van der Waals surface area contributed by atoms with Crippen LogP contribution in [0.2, 0.25) is 0 Å². The molecule has 0 radical (unpaired) electrons. The van der Waals surface area contributed by atoms with Gasteiger partial charge in [0.25, 0.3) is 0 Å². The van der Waals surface area contributed by atoms with Crippen LogP contribution in [0.4, 0.5) is 0 Å². The Morgan fingerprint density at radius 2 is 0.773 bits per heavy atom. The van der Waals surface area contributed by atoms with Crippen molar-refractivity contribution in [3.8, 4) is 0 Å². The van der Waals surface area contributed by atoms with Crippen molar-refractivity contribution >= 4 is 5.91 Å². The van der Waals surface area contributed by atoms with Crippen LogP contribution in [0, 0.1) is 0 Å². The third-order valence-corrected chi connectivity index (χ3v) is 17.1. The van der Waals surface area contributed by atoms with Gasteiger partial charge in [0.2, 0.25) is 5.91 Å². The zero-order valence-corrected chi connectivity index (χ0v) is 55.4. The molecular weight excluding hydrogens is 1110 g/mol. The number of aliphatic hydroxyl groups excluding tert-OH is 8. The van der Waals surface area contributed by atoms with Crippen LogP contribution in [-0.4, -0.2) is 140 Å². The van der Waals surface area contributed by atoms with Gasteiger partial charge in [-0.2, -0.15) is 0 Å². The van der Waals surface area contributed by atoms with Crippen molar-refractivity contribution in [1.29, 1.82) is 0 Å². The number of aliphatic hydroxyl groups is 8. The van der Waals surface area contributed by atoms with Gasteiger partial charge in [-0.1, -0.05) is 298 Å². The molecule has 2 rings (SSSR count). The fraction of sp³-hybridized carbons (Fsp3) is 0.797. The molecule has 2 aliphatic rings. The van der Waals surface area contributed by atoms with Crippen LogP contribution in [0.3, 0.4) is 0 Å². The van der Waals surface area contributed by atoms with E-state index in [0.717, 1.165) is 70.6 Å². The molecule has 0 aromatic rings. The topological polar surface area (TPSA) is 228 Å². The smallest absolute Gasteiger partial charge is 0.220 e. The van der Waals surface area contributed by atoms with Gasteiger partial charge in [0.1, 0.15) is 48.8 Å². The second kappa shape index (κ2) is 58.0. The molecule has 0 aromatic heterocycles. The number of carbonyl (C=O) groups excluding carboxylic acids is 1. The van der Waals surface area contributed by atoms with E-state index in [9.17, 15) is 45.6 Å². The standard InChI is InChI=1S/C74H131NO13/c1-3-5-7-9-11-13-15-17-19-21-23-25-27-28-29-30-31-32-33-34-36-37-39-41-43-45-47-49-51-53-55-57-63(78)62(61-85-73-71(84)69(82)72(65(60-77)87-73)88-74-70(83)68(81)67(80)64(59-76)86-74)75-66(79)58-56-54-52-50-48-46-44-42-40-38-35-26-24-22-20-18-16-14-12-10-8-6-4-2/h6,8,12,14,18,20,24,26,38,40,44,46,50,52,62-65,67-74,76-78,80-84H,3-5,7,9-11,13,15-17,19,21-23,25,27-37,39,41-43,45,47-49,51,53-61H2,1-2H3,(H,75,79)/b8-6-,14-12-,20-18-,26-24-,40-38-,46-44-,52-50-. The Morgan fingerprint density at radius 3 is 1.16 bits per heavy atom. The van der Waals surface area contributed by atoms with Gasteiger partial charge in [0.05, 0.1) is 32.0 Å². The van der Waals surface area contributed by atoms with Crippen molar-refractivity contribution < 1.29 is 64.6 Å². The van der Waals surface area contributed by atoms with Gasteiger partial charge >= 0.3 is 0 Å². The van der Waals surface area contributed by atoms with E-state index in [2.05, 4.69) is 104 Å². The van der Waals surface area contributed by atoms with Crippen molar-refractivity contribution in [2.75, 3.05) is 19.8 Å². The molecule has 0 bridgehead atoms. The minimum absolute atomic E-state index is 0.220. The van der Waals surface area contributed by atoms with Gasteiger partial charge in [-0.25, -0.2) is 0 Å². The Morgan fingerprint density at radius 1 is 0.420 bits per heavy atom. The highest BCUT2D eigenvalue weighted by molar-refractivity contribution is 5.76. The van der Waals surface area contributed by atoms with Crippen LogP contribution < -0.4 is 5.32 Å². The number of ether oxygens (including phenoxy) is 4. The van der Waals surface area contributed by atoms with Crippen molar-refractivity contribution in [1.82, 2.24) is 5.32 Å². The third kappa shape index (κ3) is 41.6. The molecule has 0 aliphatic carbocycles. The summed E-state index contributed by atoms with van der Waals surface area (Å²) in [6, 6.07) is -0.867. The molecule has 510 valence electrons. The highest BCUT2D eigenvalue weighted by Gasteiger charge is 2.51. The van der Waals surface area contributed by atoms with Crippen molar-refractivity contribution in [3.05, 3.63) is 85.1 Å². The van der Waals surface area contributed by atoms with Gasteiger partial charge < -0.3 is 65.1 Å². The fourth-order valence-corrected chi connectivity index (χ4v) is 11.5. The molecule has 0 aromatic carbocycles. The first kappa shape index (κ1) is 81.3. The number of allylic oxidation sites excluding steroid dienone is 14. The van der Waals surface area contributed by atoms with Crippen LogP contribution in [-0.2, 0) is 23.7 Å². The molecule has 2 heterocycles. The number of nitrogens with one attached hydrogen (secondary N) is 1. The van der Waals surface area contributed by atoms with E-state index in [1.807, 2.05) is 0 Å². The van der Waals surface area contributed by atoms with Crippen LogP contribution in [0.1, 0.15) is 284 Å². The molecule has 9 N–H and O–H groups in total. The zero-order chi connectivity index (χ0) is 63.8. The van der Waals surface area contributed by atoms with E-state index in [4.69, 9.17) is 18.9 Å². The first-order valence-electron chi connectivity index (χ1n) is 35.8. The number of rotatable bonds is 58. The lowest BCUT2D eigenvalue weighted by Crippen LogP contribution is -2.65. The second-order valence-electron chi connectivity index (χ2n) is 25.0. The predicted molar refractivity (Wildman–Crippen MR) is 360 cm³/mol. The maximum atomic E-state index is 13.3. The maximum Gasteiger partial charge on any atom is 0.220 e. The summed E-state index contributed by atoms with van der Waals surface area (Å²) in [7, 11) is 0. The van der Waals surface area contributed by atoms with Gasteiger partial charge in [0, 0.05) is 6.42 Å². The van der Waals surface area contributed by atoms with Gasteiger partial charge in [0.15, 0.2) is 12.6 Å². The van der Waals surface area contributed by atoms with Gasteiger partial charge in [-0.05, 0) is 64.2 Å². The Labute approximate surface area is 535 Å². The van der Waals surface area contributed by atoms with E-state index in [1.165, 1.54) is 173 Å². The summed E-state index contributed by atoms with van der Waals surface area (Å²) >= 11 is 0. The summed E-state index contributed by atoms with van der Waals surface area (Å²) in [6.45, 7) is 2.74. The predicted octanol–water partition coefficient (Wildman–Crippen LogP) is 14.8. The van der Waals surface area contributed by atoms with Crippen LogP contribution in [0.5, 0.6) is 0 Å². The van der Waals surface area contributed by atoms with Crippen LogP contribution in [0.15, 0.2) is 85.1 Å². The normalized spacial score (nSPS) is 23.7. The van der Waals surface area contributed by atoms with Crippen molar-refractivity contribution in [2.45, 2.75) is 357 Å². The molecule has 14 heteroatoms. The molecule has 2 fully saturated rings. The Balaban J connectivity index is 1.68. The third-order valence-electron chi connectivity index (χ3n) is 17.1. The summed E-state index contributed by atoms with van der Waals surface area (Å²) < 4.78 is 22.9. The first-order chi connectivity index (χ1) is 43.1. The molecule has 14 nitrogen and oxygen atoms in total. The Bertz CT molecular complexity index is 1800. The first-order valence-corrected chi connectivity index (χ1v) is 35.8.